The number of methoxy groups -OCH3 is 1. The SMILES string of the molecule is CO[C@H]1O[C@@H](COC(=O)c2ccc([N+](=O)[O-])cc2)[C@@H](OCc2ccccc2)[C@H]1OC(=O)c1ccc([N+](=O)[O-])cc1. The summed E-state index contributed by atoms with van der Waals surface area (Å²) in [7, 11) is 1.34. The lowest BCUT2D eigenvalue weighted by molar-refractivity contribution is -0.385. The summed E-state index contributed by atoms with van der Waals surface area (Å²) in [4.78, 5) is 46.1. The average Bonchev–Trinajstić information content (AvgIpc) is 3.31. The van der Waals surface area contributed by atoms with E-state index < -0.39 is 46.4 Å². The smallest absolute Gasteiger partial charge is 0.338 e. The molecule has 0 N–H and O–H groups in total. The zero-order valence-corrected chi connectivity index (χ0v) is 21.1. The second kappa shape index (κ2) is 12.9. The number of non-ortho nitro benzene ring substituents is 2. The van der Waals surface area contributed by atoms with Crippen molar-refractivity contribution in [1.82, 2.24) is 0 Å². The molecule has 3 aromatic carbocycles. The Bertz CT molecular complexity index is 1350. The Kier molecular flexibility index (Phi) is 9.11. The molecule has 4 rings (SSSR count). The molecular weight excluding hydrogens is 528 g/mol. The predicted octanol–water partition coefficient (Wildman–Crippen LogP) is 3.84. The molecule has 0 spiro atoms. The van der Waals surface area contributed by atoms with Gasteiger partial charge < -0.3 is 23.7 Å². The van der Waals surface area contributed by atoms with Gasteiger partial charge in [-0.1, -0.05) is 30.3 Å². The molecule has 0 unspecified atom stereocenters. The summed E-state index contributed by atoms with van der Waals surface area (Å²) in [5, 5.41) is 21.8. The van der Waals surface area contributed by atoms with Crippen LogP contribution in [-0.2, 0) is 30.3 Å². The number of carbonyl (C=O) groups is 2. The van der Waals surface area contributed by atoms with E-state index in [9.17, 15) is 29.8 Å². The summed E-state index contributed by atoms with van der Waals surface area (Å²) in [5.41, 5.74) is 0.621. The number of ether oxygens (including phenoxy) is 5. The van der Waals surface area contributed by atoms with Crippen molar-refractivity contribution in [3.8, 4) is 0 Å². The standard InChI is InChI=1S/C27H24N2O11/c1-36-27-24(40-26(31)19-9-13-21(14-10-19)29(34)35)23(37-15-17-5-3-2-4-6-17)22(39-27)16-38-25(30)18-7-11-20(12-8-18)28(32)33/h2-14,22-24,27H,15-16H2,1H3/t22-,23+,24+,27-/m0/s1. The molecule has 1 fully saturated rings. The number of esters is 2. The number of nitrogens with zero attached hydrogens (tertiary/aromatic N) is 2. The van der Waals surface area contributed by atoms with E-state index in [1.54, 1.807) is 0 Å². The molecule has 40 heavy (non-hydrogen) atoms. The molecule has 1 saturated heterocycles. The van der Waals surface area contributed by atoms with Crippen molar-refractivity contribution >= 4 is 23.3 Å². The van der Waals surface area contributed by atoms with Gasteiger partial charge in [-0.25, -0.2) is 9.59 Å². The lowest BCUT2D eigenvalue weighted by Crippen LogP contribution is -2.41. The summed E-state index contributed by atoms with van der Waals surface area (Å²) >= 11 is 0. The van der Waals surface area contributed by atoms with Crippen molar-refractivity contribution in [1.29, 1.82) is 0 Å². The highest BCUT2D eigenvalue weighted by molar-refractivity contribution is 5.90. The van der Waals surface area contributed by atoms with Crippen LogP contribution in [0.2, 0.25) is 0 Å². The quantitative estimate of drug-likeness (QED) is 0.193. The average molecular weight is 552 g/mol. The van der Waals surface area contributed by atoms with Crippen molar-refractivity contribution in [3.05, 3.63) is 116 Å². The Hall–Kier alpha value is -4.72. The van der Waals surface area contributed by atoms with Gasteiger partial charge in [0.05, 0.1) is 27.6 Å². The highest BCUT2D eigenvalue weighted by Crippen LogP contribution is 2.30. The molecule has 1 aliphatic rings. The summed E-state index contributed by atoms with van der Waals surface area (Å²) in [6.45, 7) is -0.190. The fraction of sp³-hybridized carbons (Fsp3) is 0.259. The number of carbonyl (C=O) groups excluding carboxylic acids is 2. The van der Waals surface area contributed by atoms with E-state index in [1.807, 2.05) is 30.3 Å². The van der Waals surface area contributed by atoms with Crippen LogP contribution in [0.25, 0.3) is 0 Å². The van der Waals surface area contributed by atoms with Crippen molar-refractivity contribution in [3.63, 3.8) is 0 Å². The lowest BCUT2D eigenvalue weighted by Gasteiger charge is -2.24. The van der Waals surface area contributed by atoms with Gasteiger partial charge in [0, 0.05) is 31.4 Å². The fourth-order valence-corrected chi connectivity index (χ4v) is 3.98. The van der Waals surface area contributed by atoms with Gasteiger partial charge in [-0.15, -0.1) is 0 Å². The van der Waals surface area contributed by atoms with Crippen LogP contribution in [0.15, 0.2) is 78.9 Å². The summed E-state index contributed by atoms with van der Waals surface area (Å²) in [6, 6.07) is 19.0. The number of hydrogen-bond donors (Lipinski definition) is 0. The molecule has 3 aromatic rings. The fourth-order valence-electron chi connectivity index (χ4n) is 3.98. The maximum atomic E-state index is 12.9. The number of hydrogen-bond acceptors (Lipinski definition) is 11. The first-order chi connectivity index (χ1) is 19.3. The molecule has 208 valence electrons. The van der Waals surface area contributed by atoms with Gasteiger partial charge >= 0.3 is 11.9 Å². The number of nitro groups is 2. The second-order valence-electron chi connectivity index (χ2n) is 8.62. The van der Waals surface area contributed by atoms with Gasteiger partial charge in [0.1, 0.15) is 18.8 Å². The molecule has 13 nitrogen and oxygen atoms in total. The minimum atomic E-state index is -1.08. The van der Waals surface area contributed by atoms with Crippen molar-refractivity contribution < 1.29 is 43.1 Å². The van der Waals surface area contributed by atoms with Gasteiger partial charge in [-0.3, -0.25) is 20.2 Å². The molecule has 13 heteroatoms. The molecule has 0 bridgehead atoms. The highest BCUT2D eigenvalue weighted by atomic mass is 16.7. The van der Waals surface area contributed by atoms with Gasteiger partial charge in [0.15, 0.2) is 12.4 Å². The molecule has 1 aliphatic heterocycles. The van der Waals surface area contributed by atoms with Crippen LogP contribution in [0.4, 0.5) is 11.4 Å². The third-order valence-electron chi connectivity index (χ3n) is 6.03. The highest BCUT2D eigenvalue weighted by Gasteiger charge is 2.49. The molecule has 0 amide bonds. The minimum absolute atomic E-state index is 0.0651. The number of benzene rings is 3. The van der Waals surface area contributed by atoms with E-state index in [0.29, 0.717) is 0 Å². The van der Waals surface area contributed by atoms with Crippen molar-refractivity contribution in [2.45, 2.75) is 31.2 Å². The number of nitro benzene ring substituents is 2. The zero-order valence-electron chi connectivity index (χ0n) is 21.1. The Morgan fingerprint density at radius 1 is 0.800 bits per heavy atom. The van der Waals surface area contributed by atoms with Crippen molar-refractivity contribution in [2.24, 2.45) is 0 Å². The molecule has 0 aliphatic carbocycles. The lowest BCUT2D eigenvalue weighted by atomic mass is 10.1. The van der Waals surface area contributed by atoms with E-state index in [0.717, 1.165) is 5.56 Å². The Morgan fingerprint density at radius 3 is 1.88 bits per heavy atom. The van der Waals surface area contributed by atoms with Crippen LogP contribution in [-0.4, -0.2) is 60.1 Å². The summed E-state index contributed by atoms with van der Waals surface area (Å²) in [5.74, 6) is -1.54. The molecular formula is C27H24N2O11. The van der Waals surface area contributed by atoms with Crippen molar-refractivity contribution in [2.75, 3.05) is 13.7 Å². The van der Waals surface area contributed by atoms with Crippen LogP contribution < -0.4 is 0 Å². The molecule has 0 saturated carbocycles. The minimum Gasteiger partial charge on any atom is -0.459 e. The molecule has 0 radical (unpaired) electrons. The van der Waals surface area contributed by atoms with Gasteiger partial charge in [0.2, 0.25) is 0 Å². The van der Waals surface area contributed by atoms with E-state index >= 15 is 0 Å². The third kappa shape index (κ3) is 6.83. The van der Waals surface area contributed by atoms with Gasteiger partial charge in [-0.05, 0) is 29.8 Å². The van der Waals surface area contributed by atoms with Crippen LogP contribution in [0, 0.1) is 20.2 Å². The first kappa shape index (κ1) is 28.3. The van der Waals surface area contributed by atoms with Gasteiger partial charge in [0.25, 0.3) is 11.4 Å². The zero-order chi connectivity index (χ0) is 28.6. The van der Waals surface area contributed by atoms with Crippen LogP contribution in [0.3, 0.4) is 0 Å². The maximum absolute atomic E-state index is 12.9. The largest absolute Gasteiger partial charge is 0.459 e. The van der Waals surface area contributed by atoms with E-state index in [-0.39, 0.29) is 35.7 Å². The molecule has 1 heterocycles. The van der Waals surface area contributed by atoms with Crippen LogP contribution in [0.5, 0.6) is 0 Å². The first-order valence-corrected chi connectivity index (χ1v) is 12.0. The van der Waals surface area contributed by atoms with Gasteiger partial charge in [-0.2, -0.15) is 0 Å². The van der Waals surface area contributed by atoms with Crippen LogP contribution in [0.1, 0.15) is 26.3 Å². The van der Waals surface area contributed by atoms with E-state index in [1.165, 1.54) is 55.6 Å². The Labute approximate surface area is 227 Å². The monoisotopic (exact) mass is 552 g/mol. The predicted molar refractivity (Wildman–Crippen MR) is 136 cm³/mol. The van der Waals surface area contributed by atoms with E-state index in [2.05, 4.69) is 0 Å². The third-order valence-corrected chi connectivity index (χ3v) is 6.03. The van der Waals surface area contributed by atoms with E-state index in [4.69, 9.17) is 23.7 Å². The maximum Gasteiger partial charge on any atom is 0.338 e. The summed E-state index contributed by atoms with van der Waals surface area (Å²) < 4.78 is 28.4. The normalized spacial score (nSPS) is 20.0. The molecule has 4 atom stereocenters. The second-order valence-corrected chi connectivity index (χ2v) is 8.62. The molecule has 0 aromatic heterocycles. The summed E-state index contributed by atoms with van der Waals surface area (Å²) in [6.07, 6.45) is -4.01. The Morgan fingerprint density at radius 2 is 1.35 bits per heavy atom. The first-order valence-electron chi connectivity index (χ1n) is 12.0. The van der Waals surface area contributed by atoms with Crippen LogP contribution >= 0.6 is 0 Å². The Balaban J connectivity index is 1.49. The topological polar surface area (TPSA) is 167 Å². The number of rotatable bonds is 11.